The Morgan fingerprint density at radius 3 is 2.40 bits per heavy atom. The van der Waals surface area contributed by atoms with Crippen LogP contribution in [-0.4, -0.2) is 65.3 Å². The molecule has 2 amide bonds. The number of rotatable bonds is 8. The Balaban J connectivity index is 1.53. The molecule has 3 unspecified atom stereocenters. The fraction of sp³-hybridized carbons (Fsp3) is 0.227. The van der Waals surface area contributed by atoms with Crippen molar-refractivity contribution in [2.24, 2.45) is 0 Å². The summed E-state index contributed by atoms with van der Waals surface area (Å²) in [6.45, 7) is -0.424. The van der Waals surface area contributed by atoms with E-state index in [0.29, 0.717) is 16.2 Å². The minimum absolute atomic E-state index is 0.108. The lowest BCUT2D eigenvalue weighted by molar-refractivity contribution is -0.384. The lowest BCUT2D eigenvalue weighted by Crippen LogP contribution is -2.74. The van der Waals surface area contributed by atoms with Crippen molar-refractivity contribution in [1.82, 2.24) is 10.2 Å². The monoisotopic (exact) mass is 501 g/mol. The molecule has 182 valence electrons. The zero-order chi connectivity index (χ0) is 25.3. The molecule has 2 heterocycles. The summed E-state index contributed by atoms with van der Waals surface area (Å²) < 4.78 is 18.6. The Bertz CT molecular complexity index is 1250. The molecule has 2 aliphatic rings. The lowest BCUT2D eigenvalue weighted by Gasteiger charge is -2.49. The normalized spacial score (nSPS) is 23.2. The molecule has 35 heavy (non-hydrogen) atoms. The Morgan fingerprint density at radius 2 is 1.80 bits per heavy atom. The van der Waals surface area contributed by atoms with Gasteiger partial charge < -0.3 is 20.3 Å². The minimum atomic E-state index is -2.01. The number of carbonyl (C=O) groups is 3. The van der Waals surface area contributed by atoms with Gasteiger partial charge in [0.05, 0.1) is 15.7 Å². The first kappa shape index (κ1) is 23.9. The van der Waals surface area contributed by atoms with Gasteiger partial charge >= 0.3 is 5.97 Å². The van der Waals surface area contributed by atoms with Crippen LogP contribution in [0.5, 0.6) is 5.75 Å². The summed E-state index contributed by atoms with van der Waals surface area (Å²) in [7, 11) is -2.01. The van der Waals surface area contributed by atoms with Crippen LogP contribution in [0.2, 0.25) is 0 Å². The number of carboxylic acids is 1. The van der Waals surface area contributed by atoms with Gasteiger partial charge in [-0.15, -0.1) is 0 Å². The highest BCUT2D eigenvalue weighted by Gasteiger charge is 2.60. The third-order valence-corrected chi connectivity index (χ3v) is 7.46. The van der Waals surface area contributed by atoms with Crippen LogP contribution < -0.4 is 10.1 Å². The maximum atomic E-state index is 13.3. The second kappa shape index (κ2) is 9.54. The Kier molecular flexibility index (Phi) is 6.51. The van der Waals surface area contributed by atoms with Crippen LogP contribution in [0.15, 0.2) is 66.1 Å². The number of benzene rings is 2. The molecule has 1 saturated heterocycles. The average molecular weight is 501 g/mol. The number of hydrogen-bond donors (Lipinski definition) is 3. The molecular weight excluding hydrogens is 482 g/mol. The highest BCUT2D eigenvalue weighted by atomic mass is 32.2. The number of aliphatic hydroxyl groups excluding tert-OH is 1. The summed E-state index contributed by atoms with van der Waals surface area (Å²) in [6, 6.07) is 12.5. The average Bonchev–Trinajstić information content (AvgIpc) is 2.84. The summed E-state index contributed by atoms with van der Waals surface area (Å²) in [5.74, 6) is -3.41. The van der Waals surface area contributed by atoms with Crippen LogP contribution in [0.1, 0.15) is 5.56 Å². The molecule has 0 aliphatic carbocycles. The van der Waals surface area contributed by atoms with Crippen molar-refractivity contribution in [3.63, 3.8) is 0 Å². The number of β-lactam (4-membered cyclic amide) rings is 1. The van der Waals surface area contributed by atoms with E-state index in [1.807, 2.05) is 0 Å². The van der Waals surface area contributed by atoms with Crippen molar-refractivity contribution in [3.05, 3.63) is 81.7 Å². The zero-order valence-corrected chi connectivity index (χ0v) is 18.7. The van der Waals surface area contributed by atoms with Crippen LogP contribution in [0.4, 0.5) is 5.69 Å². The third kappa shape index (κ3) is 4.57. The summed E-state index contributed by atoms with van der Waals surface area (Å²) >= 11 is 0. The molecule has 12 nitrogen and oxygen atoms in total. The SMILES string of the molecule is O=C(COc1ccccc1)NC1C(=O)N2C(C(=O)O)=C(O)C(Cc3ccc([N+](=O)[O-])cc3)S(=O)[C@H]12. The number of nitrogens with zero attached hydrogens (tertiary/aromatic N) is 2. The van der Waals surface area contributed by atoms with E-state index >= 15 is 0 Å². The summed E-state index contributed by atoms with van der Waals surface area (Å²) in [4.78, 5) is 47.8. The molecule has 2 aromatic carbocycles. The maximum Gasteiger partial charge on any atom is 0.356 e. The number of non-ortho nitro benzene ring substituents is 1. The number of hydrogen-bond acceptors (Lipinski definition) is 8. The summed E-state index contributed by atoms with van der Waals surface area (Å²) in [6.07, 6.45) is -0.108. The third-order valence-electron chi connectivity index (χ3n) is 5.55. The number of ether oxygens (including phenoxy) is 1. The second-order valence-corrected chi connectivity index (χ2v) is 9.44. The molecule has 1 fully saturated rings. The number of nitro groups is 1. The number of nitro benzene ring substituents is 1. The predicted octanol–water partition coefficient (Wildman–Crippen LogP) is 0.854. The predicted molar refractivity (Wildman–Crippen MR) is 121 cm³/mol. The van der Waals surface area contributed by atoms with E-state index in [9.17, 15) is 38.9 Å². The minimum Gasteiger partial charge on any atom is -0.509 e. The van der Waals surface area contributed by atoms with Gasteiger partial charge in [0.1, 0.15) is 28.2 Å². The van der Waals surface area contributed by atoms with Crippen molar-refractivity contribution in [2.75, 3.05) is 6.61 Å². The molecule has 4 atom stereocenters. The van der Waals surface area contributed by atoms with Gasteiger partial charge in [-0.2, -0.15) is 0 Å². The van der Waals surface area contributed by atoms with Crippen molar-refractivity contribution < 1.29 is 38.5 Å². The van der Waals surface area contributed by atoms with Crippen LogP contribution in [-0.2, 0) is 31.6 Å². The van der Waals surface area contributed by atoms with Crippen molar-refractivity contribution >= 4 is 34.3 Å². The number of aliphatic carboxylic acids is 1. The number of amides is 2. The van der Waals surface area contributed by atoms with Crippen LogP contribution in [0.3, 0.4) is 0 Å². The maximum absolute atomic E-state index is 13.3. The number of nitrogens with one attached hydrogen (secondary N) is 1. The van der Waals surface area contributed by atoms with Gasteiger partial charge in [-0.3, -0.25) is 28.8 Å². The molecule has 0 saturated carbocycles. The van der Waals surface area contributed by atoms with E-state index in [-0.39, 0.29) is 12.1 Å². The van der Waals surface area contributed by atoms with Crippen molar-refractivity contribution in [2.45, 2.75) is 23.1 Å². The van der Waals surface area contributed by atoms with E-state index in [2.05, 4.69) is 5.32 Å². The van der Waals surface area contributed by atoms with Gasteiger partial charge in [0.25, 0.3) is 17.5 Å². The highest BCUT2D eigenvalue weighted by molar-refractivity contribution is 7.86. The van der Waals surface area contributed by atoms with Gasteiger partial charge in [0, 0.05) is 12.1 Å². The van der Waals surface area contributed by atoms with Gasteiger partial charge in [0.2, 0.25) is 0 Å². The molecule has 2 aliphatic heterocycles. The number of carbonyl (C=O) groups excluding carboxylic acids is 2. The van der Waals surface area contributed by atoms with Crippen LogP contribution >= 0.6 is 0 Å². The van der Waals surface area contributed by atoms with Gasteiger partial charge in [-0.25, -0.2) is 4.79 Å². The zero-order valence-electron chi connectivity index (χ0n) is 17.9. The first-order valence-electron chi connectivity index (χ1n) is 10.3. The molecule has 3 N–H and O–H groups in total. The van der Waals surface area contributed by atoms with E-state index < -0.39 is 68.2 Å². The van der Waals surface area contributed by atoms with Crippen LogP contribution in [0, 0.1) is 10.1 Å². The number of para-hydroxylation sites is 1. The van der Waals surface area contributed by atoms with Gasteiger partial charge in [0.15, 0.2) is 12.3 Å². The van der Waals surface area contributed by atoms with Crippen molar-refractivity contribution in [1.29, 1.82) is 0 Å². The molecule has 4 rings (SSSR count). The standard InChI is InChI=1S/C22H19N3O9S/c26-16(11-34-14-4-2-1-3-5-14)23-17-20(28)24-18(22(29)30)19(27)15(35(33)21(17)24)10-12-6-8-13(9-7-12)25(31)32/h1-9,15,17,21,27H,10-11H2,(H,23,26)(H,29,30)/t15?,17?,21-,35?/m1/s1. The van der Waals surface area contributed by atoms with E-state index in [1.54, 1.807) is 30.3 Å². The Morgan fingerprint density at radius 1 is 1.14 bits per heavy atom. The summed E-state index contributed by atoms with van der Waals surface area (Å²) in [5, 5.41) is 31.0. The van der Waals surface area contributed by atoms with E-state index in [0.717, 1.165) is 0 Å². The quantitative estimate of drug-likeness (QED) is 0.269. The topological polar surface area (TPSA) is 176 Å². The summed E-state index contributed by atoms with van der Waals surface area (Å²) in [5.41, 5.74) is -0.417. The van der Waals surface area contributed by atoms with Crippen molar-refractivity contribution in [3.8, 4) is 5.75 Å². The highest BCUT2D eigenvalue weighted by Crippen LogP contribution is 2.38. The fourth-order valence-electron chi connectivity index (χ4n) is 3.87. The molecule has 0 radical (unpaired) electrons. The molecule has 13 heteroatoms. The molecule has 0 aromatic heterocycles. The number of aliphatic hydroxyl groups is 1. The molecular formula is C22H19N3O9S. The van der Waals surface area contributed by atoms with E-state index in [4.69, 9.17) is 4.74 Å². The first-order valence-corrected chi connectivity index (χ1v) is 11.6. The molecule has 2 aromatic rings. The Labute approximate surface area is 200 Å². The fourth-order valence-corrected chi connectivity index (χ4v) is 5.76. The smallest absolute Gasteiger partial charge is 0.356 e. The van der Waals surface area contributed by atoms with Gasteiger partial charge in [-0.1, -0.05) is 30.3 Å². The molecule has 0 bridgehead atoms. The number of fused-ring (bicyclic) bond motifs is 1. The Hall–Kier alpha value is -4.26. The van der Waals surface area contributed by atoms with E-state index in [1.165, 1.54) is 24.3 Å². The first-order chi connectivity index (χ1) is 16.7. The lowest BCUT2D eigenvalue weighted by atomic mass is 10.0. The number of carboxylic acid groups (broad SMARTS) is 1. The second-order valence-electron chi connectivity index (χ2n) is 7.73. The van der Waals surface area contributed by atoms with Crippen LogP contribution in [0.25, 0.3) is 0 Å². The molecule has 0 spiro atoms. The van der Waals surface area contributed by atoms with Gasteiger partial charge in [-0.05, 0) is 24.1 Å². The largest absolute Gasteiger partial charge is 0.509 e.